The fourth-order valence-electron chi connectivity index (χ4n) is 3.68. The SMILES string of the molecule is Cc1ccc(NC(=O)NCc2cc3c(s2)CN(C2CCCC(=O)NC2=O)C3=O)cc1Cl. The molecule has 8 nitrogen and oxygen atoms in total. The van der Waals surface area contributed by atoms with Crippen LogP contribution in [-0.2, 0) is 22.7 Å². The van der Waals surface area contributed by atoms with Gasteiger partial charge in [-0.05, 0) is 43.5 Å². The number of imide groups is 1. The topological polar surface area (TPSA) is 108 Å². The van der Waals surface area contributed by atoms with E-state index in [1.165, 1.54) is 16.2 Å². The quantitative estimate of drug-likeness (QED) is 0.609. The van der Waals surface area contributed by atoms with E-state index < -0.39 is 11.9 Å². The van der Waals surface area contributed by atoms with Gasteiger partial charge < -0.3 is 15.5 Å². The van der Waals surface area contributed by atoms with Crippen LogP contribution in [0.2, 0.25) is 5.02 Å². The van der Waals surface area contributed by atoms with Gasteiger partial charge in [0.2, 0.25) is 11.8 Å². The number of fused-ring (bicyclic) bond motifs is 1. The Morgan fingerprint density at radius 1 is 1.29 bits per heavy atom. The summed E-state index contributed by atoms with van der Waals surface area (Å²) in [6.07, 6.45) is 1.32. The van der Waals surface area contributed by atoms with Crippen molar-refractivity contribution in [3.63, 3.8) is 0 Å². The van der Waals surface area contributed by atoms with Crippen molar-refractivity contribution in [3.05, 3.63) is 50.2 Å². The van der Waals surface area contributed by atoms with E-state index >= 15 is 0 Å². The van der Waals surface area contributed by atoms with E-state index in [9.17, 15) is 19.2 Å². The van der Waals surface area contributed by atoms with Crippen LogP contribution in [0.1, 0.15) is 44.9 Å². The monoisotopic (exact) mass is 460 g/mol. The third-order valence-electron chi connectivity index (χ3n) is 5.34. The van der Waals surface area contributed by atoms with E-state index in [0.29, 0.717) is 42.1 Å². The number of nitrogens with one attached hydrogen (secondary N) is 3. The first-order valence-electron chi connectivity index (χ1n) is 9.89. The lowest BCUT2D eigenvalue weighted by atomic mass is 10.1. The highest BCUT2D eigenvalue weighted by molar-refractivity contribution is 7.12. The Balaban J connectivity index is 1.35. The second kappa shape index (κ2) is 8.68. The molecule has 0 radical (unpaired) electrons. The molecule has 1 atom stereocenters. The zero-order valence-corrected chi connectivity index (χ0v) is 18.4. The van der Waals surface area contributed by atoms with Gasteiger partial charge in [0.1, 0.15) is 6.04 Å². The Labute approximate surface area is 187 Å². The highest BCUT2D eigenvalue weighted by atomic mass is 35.5. The molecule has 1 unspecified atom stereocenters. The molecule has 0 spiro atoms. The lowest BCUT2D eigenvalue weighted by Crippen LogP contribution is -2.47. The Morgan fingerprint density at radius 3 is 2.84 bits per heavy atom. The predicted octanol–water partition coefficient (Wildman–Crippen LogP) is 3.18. The molecule has 10 heteroatoms. The summed E-state index contributed by atoms with van der Waals surface area (Å²) in [4.78, 5) is 52.1. The van der Waals surface area contributed by atoms with Crippen LogP contribution in [0, 0.1) is 6.92 Å². The Bertz CT molecular complexity index is 1080. The summed E-state index contributed by atoms with van der Waals surface area (Å²) in [6.45, 7) is 2.49. The van der Waals surface area contributed by atoms with Gasteiger partial charge in [-0.1, -0.05) is 17.7 Å². The van der Waals surface area contributed by atoms with Crippen LogP contribution in [0.4, 0.5) is 10.5 Å². The van der Waals surface area contributed by atoms with Crippen molar-refractivity contribution >= 4 is 52.4 Å². The minimum absolute atomic E-state index is 0.217. The Hall–Kier alpha value is -2.91. The van der Waals surface area contributed by atoms with Gasteiger partial charge in [0, 0.05) is 26.9 Å². The normalized spacial score (nSPS) is 18.5. The maximum atomic E-state index is 12.8. The molecule has 31 heavy (non-hydrogen) atoms. The highest BCUT2D eigenvalue weighted by Crippen LogP contribution is 2.33. The molecule has 0 bridgehead atoms. The van der Waals surface area contributed by atoms with Crippen LogP contribution in [-0.4, -0.2) is 34.7 Å². The average Bonchev–Trinajstić information content (AvgIpc) is 3.19. The Kier molecular flexibility index (Phi) is 5.97. The summed E-state index contributed by atoms with van der Waals surface area (Å²) in [5.41, 5.74) is 2.07. The Morgan fingerprint density at radius 2 is 2.10 bits per heavy atom. The first kappa shape index (κ1) is 21.3. The molecule has 2 aliphatic heterocycles. The van der Waals surface area contributed by atoms with E-state index in [4.69, 9.17) is 11.6 Å². The number of halogens is 1. The van der Waals surface area contributed by atoms with Crippen LogP contribution in [0.3, 0.4) is 0 Å². The molecular formula is C21H21ClN4O4S. The van der Waals surface area contributed by atoms with Crippen molar-refractivity contribution in [1.29, 1.82) is 0 Å². The van der Waals surface area contributed by atoms with Crippen molar-refractivity contribution in [2.75, 3.05) is 5.32 Å². The van der Waals surface area contributed by atoms with Crippen molar-refractivity contribution in [2.45, 2.75) is 45.3 Å². The van der Waals surface area contributed by atoms with Crippen LogP contribution < -0.4 is 16.0 Å². The summed E-state index contributed by atoms with van der Waals surface area (Å²) >= 11 is 7.50. The molecule has 162 valence electrons. The summed E-state index contributed by atoms with van der Waals surface area (Å²) in [5, 5.41) is 8.42. The first-order valence-corrected chi connectivity index (χ1v) is 11.1. The number of aryl methyl sites for hydroxylation is 1. The zero-order valence-electron chi connectivity index (χ0n) is 16.8. The largest absolute Gasteiger partial charge is 0.333 e. The van der Waals surface area contributed by atoms with E-state index in [1.807, 2.05) is 13.0 Å². The number of rotatable bonds is 4. The standard InChI is InChI=1S/C21H21ClN4O4S/c1-11-5-6-12(7-15(11)22)24-21(30)23-9-13-8-14-17(31-13)10-26(20(14)29)16-3-2-4-18(27)25-19(16)28/h5-8,16H,2-4,9-10H2,1H3,(H2,23,24,30)(H,25,27,28). The zero-order chi connectivity index (χ0) is 22.1. The molecular weight excluding hydrogens is 440 g/mol. The van der Waals surface area contributed by atoms with Crippen LogP contribution in [0.25, 0.3) is 0 Å². The van der Waals surface area contributed by atoms with Crippen molar-refractivity contribution in [3.8, 4) is 0 Å². The number of hydrogen-bond donors (Lipinski definition) is 3. The van der Waals surface area contributed by atoms with Gasteiger partial charge in [-0.2, -0.15) is 0 Å². The summed E-state index contributed by atoms with van der Waals surface area (Å²) in [7, 11) is 0. The molecule has 3 heterocycles. The molecule has 5 amide bonds. The third kappa shape index (κ3) is 4.57. The number of nitrogens with zero attached hydrogens (tertiary/aromatic N) is 1. The van der Waals surface area contributed by atoms with Crippen LogP contribution >= 0.6 is 22.9 Å². The number of hydrogen-bond acceptors (Lipinski definition) is 5. The van der Waals surface area contributed by atoms with E-state index in [1.54, 1.807) is 18.2 Å². The number of amides is 5. The van der Waals surface area contributed by atoms with Gasteiger partial charge in [-0.25, -0.2) is 4.79 Å². The molecule has 2 aromatic rings. The predicted molar refractivity (Wildman–Crippen MR) is 117 cm³/mol. The van der Waals surface area contributed by atoms with Gasteiger partial charge >= 0.3 is 6.03 Å². The molecule has 3 N–H and O–H groups in total. The molecule has 1 fully saturated rings. The van der Waals surface area contributed by atoms with Crippen LogP contribution in [0.15, 0.2) is 24.3 Å². The molecule has 1 aromatic carbocycles. The second-order valence-electron chi connectivity index (χ2n) is 7.57. The molecule has 1 saturated heterocycles. The molecule has 2 aliphatic rings. The fourth-order valence-corrected chi connectivity index (χ4v) is 4.96. The lowest BCUT2D eigenvalue weighted by molar-refractivity contribution is -0.132. The van der Waals surface area contributed by atoms with Crippen molar-refractivity contribution in [2.24, 2.45) is 0 Å². The van der Waals surface area contributed by atoms with Gasteiger partial charge in [-0.3, -0.25) is 19.7 Å². The van der Waals surface area contributed by atoms with Crippen LogP contribution in [0.5, 0.6) is 0 Å². The smallest absolute Gasteiger partial charge is 0.319 e. The highest BCUT2D eigenvalue weighted by Gasteiger charge is 2.39. The van der Waals surface area contributed by atoms with E-state index in [-0.39, 0.29) is 24.4 Å². The number of carbonyl (C=O) groups excluding carboxylic acids is 4. The minimum atomic E-state index is -0.632. The first-order chi connectivity index (χ1) is 14.8. The maximum Gasteiger partial charge on any atom is 0.319 e. The van der Waals surface area contributed by atoms with E-state index in [2.05, 4.69) is 16.0 Å². The third-order valence-corrected chi connectivity index (χ3v) is 6.87. The van der Waals surface area contributed by atoms with Gasteiger partial charge in [0.15, 0.2) is 0 Å². The summed E-state index contributed by atoms with van der Waals surface area (Å²) in [5.74, 6) is -0.931. The number of thiophene rings is 1. The van der Waals surface area contributed by atoms with Crippen molar-refractivity contribution < 1.29 is 19.2 Å². The minimum Gasteiger partial charge on any atom is -0.333 e. The fraction of sp³-hybridized carbons (Fsp3) is 0.333. The molecule has 0 aliphatic carbocycles. The number of urea groups is 1. The number of anilines is 1. The second-order valence-corrected chi connectivity index (χ2v) is 9.20. The van der Waals surface area contributed by atoms with Gasteiger partial charge in [-0.15, -0.1) is 11.3 Å². The lowest BCUT2D eigenvalue weighted by Gasteiger charge is -2.24. The number of benzene rings is 1. The average molecular weight is 461 g/mol. The maximum absolute atomic E-state index is 12.8. The number of carbonyl (C=O) groups is 4. The molecule has 4 rings (SSSR count). The molecule has 1 aromatic heterocycles. The summed E-state index contributed by atoms with van der Waals surface area (Å²) < 4.78 is 0. The van der Waals surface area contributed by atoms with Gasteiger partial charge in [0.05, 0.1) is 18.7 Å². The van der Waals surface area contributed by atoms with Gasteiger partial charge in [0.25, 0.3) is 5.91 Å². The van der Waals surface area contributed by atoms with E-state index in [0.717, 1.165) is 15.3 Å². The van der Waals surface area contributed by atoms with Crippen molar-refractivity contribution in [1.82, 2.24) is 15.5 Å². The molecule has 0 saturated carbocycles. The summed E-state index contributed by atoms with van der Waals surface area (Å²) in [6, 6.07) is 6.02.